The smallest absolute Gasteiger partial charge is 0.383 e. The lowest BCUT2D eigenvalue weighted by atomic mass is 9.92. The molecule has 2 aromatic rings. The van der Waals surface area contributed by atoms with E-state index >= 15 is 0 Å². The van der Waals surface area contributed by atoms with Crippen molar-refractivity contribution >= 4 is 44.0 Å². The van der Waals surface area contributed by atoms with E-state index in [1.165, 1.54) is 24.3 Å². The zero-order valence-corrected chi connectivity index (χ0v) is 20.7. The highest BCUT2D eigenvalue weighted by atomic mass is 32.2. The molecule has 2 aromatic carbocycles. The van der Waals surface area contributed by atoms with Crippen molar-refractivity contribution in [2.45, 2.75) is 43.6 Å². The molecule has 0 radical (unpaired) electrons. The zero-order chi connectivity index (χ0) is 25.6. The van der Waals surface area contributed by atoms with Crippen molar-refractivity contribution in [1.29, 1.82) is 0 Å². The number of halogens is 1. The van der Waals surface area contributed by atoms with Gasteiger partial charge in [-0.05, 0) is 66.5 Å². The molecular weight excluding hydrogens is 485 g/mol. The van der Waals surface area contributed by atoms with Crippen molar-refractivity contribution in [2.75, 3.05) is 6.26 Å². The summed E-state index contributed by atoms with van der Waals surface area (Å²) in [7, 11) is -3.45. The van der Waals surface area contributed by atoms with E-state index < -0.39 is 33.0 Å². The maximum atomic E-state index is 15.0. The van der Waals surface area contributed by atoms with E-state index in [4.69, 9.17) is 10.3 Å². The third-order valence-electron chi connectivity index (χ3n) is 4.61. The van der Waals surface area contributed by atoms with E-state index in [1.807, 2.05) is 13.8 Å². The Kier molecular flexibility index (Phi) is 8.86. The molecule has 34 heavy (non-hydrogen) atoms. The van der Waals surface area contributed by atoms with E-state index in [0.717, 1.165) is 12.3 Å². The third kappa shape index (κ3) is 5.96. The van der Waals surface area contributed by atoms with Crippen molar-refractivity contribution in [3.63, 3.8) is 0 Å². The minimum absolute atomic E-state index is 0.0935. The van der Waals surface area contributed by atoms with E-state index in [-0.39, 0.29) is 20.9 Å². The maximum Gasteiger partial charge on any atom is 0.383 e. The highest BCUT2D eigenvalue weighted by Gasteiger charge is 2.34. The van der Waals surface area contributed by atoms with Crippen LogP contribution in [-0.4, -0.2) is 32.0 Å². The largest absolute Gasteiger partial charge is 0.454 e. The quantitative estimate of drug-likeness (QED) is 0.123. The summed E-state index contributed by atoms with van der Waals surface area (Å²) in [5.74, 6) is -1.37. The van der Waals surface area contributed by atoms with Gasteiger partial charge < -0.3 is 9.57 Å². The summed E-state index contributed by atoms with van der Waals surface area (Å²) in [6.45, 7) is 7.20. The minimum Gasteiger partial charge on any atom is -0.454 e. The van der Waals surface area contributed by atoms with E-state index in [2.05, 4.69) is 15.0 Å². The summed E-state index contributed by atoms with van der Waals surface area (Å²) >= 11 is 0.516. The second-order valence-corrected chi connectivity index (χ2v) is 9.84. The van der Waals surface area contributed by atoms with Crippen LogP contribution in [0.4, 0.5) is 9.18 Å². The van der Waals surface area contributed by atoms with Crippen LogP contribution in [0.1, 0.15) is 37.5 Å². The summed E-state index contributed by atoms with van der Waals surface area (Å²) in [4.78, 5) is 30.9. The number of rotatable bonds is 5. The number of azide groups is 1. The number of hydrogen-bond acceptors (Lipinski definition) is 8. The van der Waals surface area contributed by atoms with Gasteiger partial charge in [0.05, 0.1) is 10.5 Å². The first kappa shape index (κ1) is 26.9. The Labute approximate surface area is 200 Å². The number of carbonyl (C=O) groups is 2. The molecule has 9 nitrogen and oxygen atoms in total. The minimum atomic E-state index is -3.45. The first-order chi connectivity index (χ1) is 16.0. The second-order valence-electron chi connectivity index (χ2n) is 6.84. The lowest BCUT2D eigenvalue weighted by Gasteiger charge is -2.12. The second kappa shape index (κ2) is 11.2. The third-order valence-corrected chi connectivity index (χ3v) is 6.60. The number of esters is 1. The number of thioether (sulfide) groups is 1. The molecule has 0 fully saturated rings. The molecular formula is C22H22FN3O6S2. The van der Waals surface area contributed by atoms with Gasteiger partial charge in [0.25, 0.3) is 0 Å². The van der Waals surface area contributed by atoms with Gasteiger partial charge in [0, 0.05) is 27.2 Å². The number of ether oxygens (including phenoxy) is 1. The van der Waals surface area contributed by atoms with Crippen molar-refractivity contribution < 1.29 is 32.0 Å². The fourth-order valence-corrected chi connectivity index (χ4v) is 4.90. The van der Waals surface area contributed by atoms with E-state index in [9.17, 15) is 22.4 Å². The van der Waals surface area contributed by atoms with Crippen LogP contribution in [0.3, 0.4) is 0 Å². The first-order valence-electron chi connectivity index (χ1n) is 10.0. The van der Waals surface area contributed by atoms with Crippen LogP contribution in [0.2, 0.25) is 0 Å². The highest BCUT2D eigenvalue weighted by Crippen LogP contribution is 2.39. The Bertz CT molecular complexity index is 1320. The molecule has 0 saturated carbocycles. The molecule has 0 aliphatic carbocycles. The zero-order valence-electron chi connectivity index (χ0n) is 19.0. The number of benzene rings is 2. The van der Waals surface area contributed by atoms with Crippen LogP contribution in [0.5, 0.6) is 0 Å². The van der Waals surface area contributed by atoms with Crippen LogP contribution in [0.25, 0.3) is 21.6 Å². The number of hydrogen-bond donors (Lipinski definition) is 0. The van der Waals surface area contributed by atoms with Gasteiger partial charge in [-0.25, -0.2) is 22.4 Å². The van der Waals surface area contributed by atoms with Crippen LogP contribution in [-0.2, 0) is 24.2 Å². The van der Waals surface area contributed by atoms with Crippen LogP contribution in [0.15, 0.2) is 51.5 Å². The first-order valence-corrected chi connectivity index (χ1v) is 12.7. The number of carbonyl (C=O) groups excluding carboxylic acids is 2. The topological polar surface area (TPSA) is 136 Å². The van der Waals surface area contributed by atoms with Crippen LogP contribution in [0, 0.1) is 12.7 Å². The molecule has 0 bridgehead atoms. The monoisotopic (exact) mass is 507 g/mol. The summed E-state index contributed by atoms with van der Waals surface area (Å²) in [6.07, 6.45) is 0.332. The predicted molar refractivity (Wildman–Crippen MR) is 126 cm³/mol. The molecule has 0 aromatic heterocycles. The SMILES string of the molecule is CC.Cc1cc(C2=C(c3ccc(SC(=O)ON=[N+]=[N-])cc3F)C(C)OC2=O)ccc1S(C)(=O)=O. The van der Waals surface area contributed by atoms with Crippen molar-refractivity contribution in [2.24, 2.45) is 5.28 Å². The summed E-state index contributed by atoms with van der Waals surface area (Å²) in [6, 6.07) is 8.33. The molecule has 1 aliphatic rings. The van der Waals surface area contributed by atoms with Crippen molar-refractivity contribution in [1.82, 2.24) is 0 Å². The van der Waals surface area contributed by atoms with E-state index in [1.54, 1.807) is 19.9 Å². The fraction of sp³-hybridized carbons (Fsp3) is 0.273. The number of aryl methyl sites for hydroxylation is 1. The highest BCUT2D eigenvalue weighted by molar-refractivity contribution is 8.13. The standard InChI is InChI=1S/C20H16FN3O6S2.C2H6/c1-10-8-12(4-7-16(10)32(3,27)28)18-17(11(2)29-19(18)25)14-6-5-13(9-15(14)21)31-20(26)30-24-23-22;1-2/h4-9,11H,1-3H3;1-2H3. The van der Waals surface area contributed by atoms with Gasteiger partial charge in [-0.3, -0.25) is 0 Å². The van der Waals surface area contributed by atoms with Gasteiger partial charge in [0.2, 0.25) is 0 Å². The number of cyclic esters (lactones) is 1. The molecule has 180 valence electrons. The Morgan fingerprint density at radius 1 is 1.24 bits per heavy atom. The summed E-state index contributed by atoms with van der Waals surface area (Å²) in [5, 5.41) is 1.74. The predicted octanol–water partition coefficient (Wildman–Crippen LogP) is 5.87. The number of sulfone groups is 1. The molecule has 12 heteroatoms. The average molecular weight is 508 g/mol. The molecule has 1 aliphatic heterocycles. The molecule has 1 atom stereocenters. The van der Waals surface area contributed by atoms with Gasteiger partial charge in [0.15, 0.2) is 9.84 Å². The Morgan fingerprint density at radius 3 is 2.47 bits per heavy atom. The van der Waals surface area contributed by atoms with Gasteiger partial charge in [-0.2, -0.15) is 0 Å². The average Bonchev–Trinajstić information content (AvgIpc) is 3.06. The Morgan fingerprint density at radius 2 is 1.91 bits per heavy atom. The Balaban J connectivity index is 0.00000199. The number of nitrogens with zero attached hydrogens (tertiary/aromatic N) is 3. The maximum absolute atomic E-state index is 15.0. The fourth-order valence-electron chi connectivity index (χ4n) is 3.38. The van der Waals surface area contributed by atoms with E-state index in [0.29, 0.717) is 28.5 Å². The van der Waals surface area contributed by atoms with Crippen molar-refractivity contribution in [3.05, 3.63) is 69.3 Å². The van der Waals surface area contributed by atoms with Crippen molar-refractivity contribution in [3.8, 4) is 0 Å². The molecule has 3 rings (SSSR count). The lowest BCUT2D eigenvalue weighted by Crippen LogP contribution is -2.06. The van der Waals surface area contributed by atoms with Gasteiger partial charge >= 0.3 is 11.3 Å². The van der Waals surface area contributed by atoms with Crippen LogP contribution < -0.4 is 0 Å². The molecule has 1 heterocycles. The summed E-state index contributed by atoms with van der Waals surface area (Å²) < 4.78 is 44.0. The normalized spacial score (nSPS) is 15.1. The molecule has 0 amide bonds. The van der Waals surface area contributed by atoms with Gasteiger partial charge in [-0.1, -0.05) is 26.0 Å². The molecule has 1 unspecified atom stereocenters. The molecule has 0 N–H and O–H groups in total. The van der Waals surface area contributed by atoms with Gasteiger partial charge in [0.1, 0.15) is 17.2 Å². The molecule has 0 spiro atoms. The summed E-state index contributed by atoms with van der Waals surface area (Å²) in [5.41, 5.74) is 9.51. The van der Waals surface area contributed by atoms with Gasteiger partial charge in [-0.15, -0.1) is 0 Å². The van der Waals surface area contributed by atoms with Crippen LogP contribution >= 0.6 is 11.8 Å². The lowest BCUT2D eigenvalue weighted by molar-refractivity contribution is -0.136. The Hall–Kier alpha value is -3.34. The molecule has 0 saturated heterocycles.